The second-order valence-electron chi connectivity index (χ2n) is 7.94. The second kappa shape index (κ2) is 10.8. The molecule has 1 aromatic rings. The Morgan fingerprint density at radius 3 is 2.33 bits per heavy atom. The number of piperazine rings is 1. The van der Waals surface area contributed by atoms with Gasteiger partial charge in [0, 0.05) is 43.3 Å². The Bertz CT molecular complexity index is 837. The molecule has 1 aliphatic heterocycles. The Morgan fingerprint density at radius 2 is 1.77 bits per heavy atom. The van der Waals surface area contributed by atoms with Crippen LogP contribution in [0, 0.1) is 0 Å². The fraction of sp³-hybridized carbons (Fsp3) is 0.650. The van der Waals surface area contributed by atoms with Crippen molar-refractivity contribution in [1.29, 1.82) is 0 Å². The first-order valence-electron chi connectivity index (χ1n) is 10.2. The molecule has 0 unspecified atom stereocenters. The maximum Gasteiger partial charge on any atom is 0.252 e. The lowest BCUT2D eigenvalue weighted by Crippen LogP contribution is -2.60. The molecule has 0 spiro atoms. The van der Waals surface area contributed by atoms with E-state index in [1.807, 2.05) is 6.92 Å². The average Bonchev–Trinajstić information content (AvgIpc) is 3.16. The summed E-state index contributed by atoms with van der Waals surface area (Å²) in [5, 5.41) is 3.89. The summed E-state index contributed by atoms with van der Waals surface area (Å²) in [4.78, 5) is 15.0. The average molecular weight is 499 g/mol. The van der Waals surface area contributed by atoms with Crippen LogP contribution in [-0.2, 0) is 10.0 Å². The van der Waals surface area contributed by atoms with Crippen LogP contribution in [0.3, 0.4) is 0 Å². The van der Waals surface area contributed by atoms with Crippen molar-refractivity contribution >= 4 is 51.5 Å². The molecule has 0 radical (unpaired) electrons. The molecule has 1 aromatic carbocycles. The summed E-state index contributed by atoms with van der Waals surface area (Å²) >= 11 is 12.1. The molecule has 1 saturated heterocycles. The number of carbonyl (C=O) groups is 1. The van der Waals surface area contributed by atoms with E-state index in [9.17, 15) is 13.2 Å². The van der Waals surface area contributed by atoms with Crippen molar-refractivity contribution in [2.75, 3.05) is 38.5 Å². The van der Waals surface area contributed by atoms with E-state index in [2.05, 4.69) is 10.2 Å². The van der Waals surface area contributed by atoms with Crippen molar-refractivity contribution in [2.24, 2.45) is 0 Å². The lowest BCUT2D eigenvalue weighted by Gasteiger charge is -2.45. The number of benzene rings is 1. The van der Waals surface area contributed by atoms with E-state index in [1.165, 1.54) is 0 Å². The Morgan fingerprint density at radius 1 is 1.13 bits per heavy atom. The second-order valence-corrected chi connectivity index (χ2v) is 10.9. The van der Waals surface area contributed by atoms with Crippen LogP contribution in [-0.4, -0.2) is 67.5 Å². The molecule has 1 heterocycles. The van der Waals surface area contributed by atoms with E-state index in [0.29, 0.717) is 54.8 Å². The van der Waals surface area contributed by atoms with E-state index in [4.69, 9.17) is 23.2 Å². The lowest BCUT2D eigenvalue weighted by molar-refractivity contribution is 0.0540. The highest BCUT2D eigenvalue weighted by molar-refractivity contribution is 7.89. The quantitative estimate of drug-likeness (QED) is 0.620. The summed E-state index contributed by atoms with van der Waals surface area (Å²) in [5.74, 6) is -0.00197. The van der Waals surface area contributed by atoms with Gasteiger partial charge in [-0.1, -0.05) is 43.0 Å². The zero-order valence-corrected chi connectivity index (χ0v) is 20.3. The Balaban J connectivity index is 0.00000320. The third-order valence-electron chi connectivity index (χ3n) is 6.05. The van der Waals surface area contributed by atoms with Gasteiger partial charge in [0.1, 0.15) is 0 Å². The summed E-state index contributed by atoms with van der Waals surface area (Å²) in [6, 6.07) is 4.86. The van der Waals surface area contributed by atoms with Crippen LogP contribution in [0.2, 0.25) is 10.0 Å². The van der Waals surface area contributed by atoms with E-state index in [1.54, 1.807) is 22.5 Å². The molecule has 2 aliphatic rings. The van der Waals surface area contributed by atoms with Crippen molar-refractivity contribution < 1.29 is 13.2 Å². The van der Waals surface area contributed by atoms with Gasteiger partial charge < -0.3 is 5.32 Å². The summed E-state index contributed by atoms with van der Waals surface area (Å²) < 4.78 is 26.3. The molecule has 1 N–H and O–H groups in total. The molecule has 0 atom stereocenters. The number of carbonyl (C=O) groups excluding carboxylic acids is 1. The van der Waals surface area contributed by atoms with E-state index in [-0.39, 0.29) is 29.6 Å². The first kappa shape index (κ1) is 25.7. The fourth-order valence-electron chi connectivity index (χ4n) is 4.48. The first-order valence-corrected chi connectivity index (χ1v) is 12.6. The molecular weight excluding hydrogens is 469 g/mol. The Labute approximate surface area is 195 Å². The van der Waals surface area contributed by atoms with Crippen molar-refractivity contribution in [3.05, 3.63) is 33.8 Å². The van der Waals surface area contributed by atoms with E-state index in [0.717, 1.165) is 25.7 Å². The highest BCUT2D eigenvalue weighted by atomic mass is 35.5. The molecule has 6 nitrogen and oxygen atoms in total. The third-order valence-corrected chi connectivity index (χ3v) is 8.68. The zero-order valence-electron chi connectivity index (χ0n) is 17.2. The van der Waals surface area contributed by atoms with Crippen LogP contribution in [0.4, 0.5) is 0 Å². The van der Waals surface area contributed by atoms with Crippen molar-refractivity contribution in [3.63, 3.8) is 0 Å². The summed E-state index contributed by atoms with van der Waals surface area (Å²) in [6.45, 7) is 4.84. The van der Waals surface area contributed by atoms with Crippen molar-refractivity contribution in [3.8, 4) is 0 Å². The predicted octanol–water partition coefficient (Wildman–Crippen LogP) is 3.82. The summed E-state index contributed by atoms with van der Waals surface area (Å²) in [5.41, 5.74) is 0.300. The zero-order chi connectivity index (χ0) is 21.1. The SMILES string of the molecule is CCCS(=O)(=O)N1CCN(C2(CNC(=O)c3ccc(Cl)cc3Cl)CCCC2)CC1.Cl. The lowest BCUT2D eigenvalue weighted by atomic mass is 9.93. The molecule has 0 bridgehead atoms. The van der Waals surface area contributed by atoms with Crippen LogP contribution in [0.25, 0.3) is 0 Å². The van der Waals surface area contributed by atoms with Gasteiger partial charge in [0.25, 0.3) is 5.91 Å². The number of hydrogen-bond donors (Lipinski definition) is 1. The monoisotopic (exact) mass is 497 g/mol. The normalized spacial score (nSPS) is 20.0. The maximum atomic E-state index is 12.7. The number of halogens is 3. The van der Waals surface area contributed by atoms with Crippen LogP contribution in [0.15, 0.2) is 18.2 Å². The third kappa shape index (κ3) is 5.81. The number of amides is 1. The molecule has 10 heteroatoms. The molecule has 1 saturated carbocycles. The Hall–Kier alpha value is -0.570. The van der Waals surface area contributed by atoms with Crippen molar-refractivity contribution in [2.45, 2.75) is 44.6 Å². The number of nitrogens with zero attached hydrogens (tertiary/aromatic N) is 2. The molecular formula is C20H30Cl3N3O3S. The van der Waals surface area contributed by atoms with Crippen molar-refractivity contribution in [1.82, 2.24) is 14.5 Å². The molecule has 1 aliphatic carbocycles. The minimum Gasteiger partial charge on any atom is -0.350 e. The van der Waals surface area contributed by atoms with Gasteiger partial charge in [-0.25, -0.2) is 8.42 Å². The Kier molecular flexibility index (Phi) is 9.28. The smallest absolute Gasteiger partial charge is 0.252 e. The van der Waals surface area contributed by atoms with Crippen LogP contribution in [0.1, 0.15) is 49.4 Å². The molecule has 1 amide bonds. The highest BCUT2D eigenvalue weighted by Gasteiger charge is 2.42. The summed E-state index contributed by atoms with van der Waals surface area (Å²) in [7, 11) is -3.16. The van der Waals surface area contributed by atoms with Gasteiger partial charge in [-0.15, -0.1) is 12.4 Å². The summed E-state index contributed by atoms with van der Waals surface area (Å²) in [6.07, 6.45) is 4.87. The van der Waals surface area contributed by atoms with Gasteiger partial charge in [-0.3, -0.25) is 9.69 Å². The van der Waals surface area contributed by atoms with Gasteiger partial charge in [-0.05, 0) is 37.5 Å². The van der Waals surface area contributed by atoms with Gasteiger partial charge in [0.2, 0.25) is 10.0 Å². The number of nitrogens with one attached hydrogen (secondary N) is 1. The first-order chi connectivity index (χ1) is 13.8. The highest BCUT2D eigenvalue weighted by Crippen LogP contribution is 2.36. The topological polar surface area (TPSA) is 69.7 Å². The molecule has 0 aromatic heterocycles. The molecule has 2 fully saturated rings. The minimum atomic E-state index is -3.16. The van der Waals surface area contributed by atoms with E-state index < -0.39 is 10.0 Å². The van der Waals surface area contributed by atoms with Gasteiger partial charge >= 0.3 is 0 Å². The van der Waals surface area contributed by atoms with Crippen LogP contribution >= 0.6 is 35.6 Å². The molecule has 30 heavy (non-hydrogen) atoms. The number of hydrogen-bond acceptors (Lipinski definition) is 4. The van der Waals surface area contributed by atoms with Crippen LogP contribution in [0.5, 0.6) is 0 Å². The van der Waals surface area contributed by atoms with Crippen LogP contribution < -0.4 is 5.32 Å². The number of rotatable bonds is 7. The largest absolute Gasteiger partial charge is 0.350 e. The van der Waals surface area contributed by atoms with Gasteiger partial charge in [0.15, 0.2) is 0 Å². The predicted molar refractivity (Wildman–Crippen MR) is 124 cm³/mol. The van der Waals surface area contributed by atoms with Gasteiger partial charge in [0.05, 0.1) is 16.3 Å². The standard InChI is InChI=1S/C20H29Cl2N3O3S.ClH/c1-2-13-29(27,28)25-11-9-24(10-12-25)20(7-3-4-8-20)15-23-19(26)17-6-5-16(21)14-18(17)22;/h5-6,14H,2-4,7-13,15H2,1H3,(H,23,26);1H. The fourth-order valence-corrected chi connectivity index (χ4v) is 6.47. The minimum absolute atomic E-state index is 0. The maximum absolute atomic E-state index is 12.7. The van der Waals surface area contributed by atoms with Gasteiger partial charge in [-0.2, -0.15) is 4.31 Å². The molecule has 3 rings (SSSR count). The number of sulfonamides is 1. The van der Waals surface area contributed by atoms with E-state index >= 15 is 0 Å². The molecule has 170 valence electrons.